The molecule has 7 nitrogen and oxygen atoms in total. The number of H-pyrrole nitrogens is 1. The average Bonchev–Trinajstić information content (AvgIpc) is 2.68. The minimum Gasteiger partial charge on any atom is -0.345 e. The van der Waals surface area contributed by atoms with Crippen LogP contribution in [0.2, 0.25) is 0 Å². The first-order valence-corrected chi connectivity index (χ1v) is 5.30. The third-order valence-electron chi connectivity index (χ3n) is 2.17. The highest BCUT2D eigenvalue weighted by molar-refractivity contribution is 5.81. The summed E-state index contributed by atoms with van der Waals surface area (Å²) in [7, 11) is 0. The van der Waals surface area contributed by atoms with Crippen LogP contribution in [0, 0.1) is 5.92 Å². The van der Waals surface area contributed by atoms with Crippen molar-refractivity contribution in [3.05, 3.63) is 5.82 Å². The molecule has 0 aliphatic rings. The topological polar surface area (TPSA) is 110 Å². The van der Waals surface area contributed by atoms with Gasteiger partial charge in [-0.05, 0) is 19.3 Å². The molecule has 0 bridgehead atoms. The highest BCUT2D eigenvalue weighted by Gasteiger charge is 2.19. The maximum absolute atomic E-state index is 11.7. The first kappa shape index (κ1) is 12.6. The number of hydrogen-bond acceptors (Lipinski definition) is 5. The molecule has 1 amide bonds. The molecular weight excluding hydrogens is 208 g/mol. The predicted octanol–water partition coefficient (Wildman–Crippen LogP) is -0.250. The molecule has 1 unspecified atom stereocenters. The number of carbonyl (C=O) groups is 1. The van der Waals surface area contributed by atoms with Crippen LogP contribution in [0.25, 0.3) is 0 Å². The van der Waals surface area contributed by atoms with Crippen molar-refractivity contribution in [2.45, 2.75) is 39.3 Å². The SMILES string of the molecule is CC(C)C[C@H](N)C(=O)NC(C)c1nn[nH]n1. The summed E-state index contributed by atoms with van der Waals surface area (Å²) in [5, 5.41) is 16.1. The first-order valence-electron chi connectivity index (χ1n) is 5.30. The largest absolute Gasteiger partial charge is 0.345 e. The molecule has 16 heavy (non-hydrogen) atoms. The third-order valence-corrected chi connectivity index (χ3v) is 2.17. The van der Waals surface area contributed by atoms with E-state index in [1.807, 2.05) is 13.8 Å². The molecule has 0 fully saturated rings. The molecule has 0 aliphatic carbocycles. The number of hydrogen-bond donors (Lipinski definition) is 3. The van der Waals surface area contributed by atoms with E-state index in [4.69, 9.17) is 5.73 Å². The first-order chi connectivity index (χ1) is 7.50. The smallest absolute Gasteiger partial charge is 0.237 e. The van der Waals surface area contributed by atoms with Crippen LogP contribution in [0.5, 0.6) is 0 Å². The van der Waals surface area contributed by atoms with E-state index in [0.29, 0.717) is 18.2 Å². The monoisotopic (exact) mass is 226 g/mol. The van der Waals surface area contributed by atoms with Crippen molar-refractivity contribution in [2.75, 3.05) is 0 Å². The van der Waals surface area contributed by atoms with Crippen LogP contribution in [0.3, 0.4) is 0 Å². The Bertz CT molecular complexity index is 323. The van der Waals surface area contributed by atoms with Crippen molar-refractivity contribution in [3.63, 3.8) is 0 Å². The molecule has 0 saturated carbocycles. The molecule has 4 N–H and O–H groups in total. The second kappa shape index (κ2) is 5.55. The van der Waals surface area contributed by atoms with Crippen molar-refractivity contribution in [1.82, 2.24) is 25.9 Å². The van der Waals surface area contributed by atoms with Crippen molar-refractivity contribution in [3.8, 4) is 0 Å². The Balaban J connectivity index is 2.45. The van der Waals surface area contributed by atoms with Gasteiger partial charge in [-0.3, -0.25) is 4.79 Å². The summed E-state index contributed by atoms with van der Waals surface area (Å²) in [6.45, 7) is 5.83. The van der Waals surface area contributed by atoms with Crippen molar-refractivity contribution in [1.29, 1.82) is 0 Å². The number of carbonyl (C=O) groups excluding carboxylic acids is 1. The second-order valence-corrected chi connectivity index (χ2v) is 4.24. The lowest BCUT2D eigenvalue weighted by Crippen LogP contribution is -2.42. The van der Waals surface area contributed by atoms with Gasteiger partial charge in [0.05, 0.1) is 12.1 Å². The zero-order valence-corrected chi connectivity index (χ0v) is 9.77. The summed E-state index contributed by atoms with van der Waals surface area (Å²) in [6, 6.07) is -0.779. The fourth-order valence-electron chi connectivity index (χ4n) is 1.35. The summed E-state index contributed by atoms with van der Waals surface area (Å²) in [6.07, 6.45) is 0.658. The van der Waals surface area contributed by atoms with Crippen LogP contribution in [0.15, 0.2) is 0 Å². The number of nitrogens with zero attached hydrogens (tertiary/aromatic N) is 3. The molecule has 1 heterocycles. The number of rotatable bonds is 5. The Morgan fingerprint density at radius 3 is 2.69 bits per heavy atom. The van der Waals surface area contributed by atoms with Gasteiger partial charge >= 0.3 is 0 Å². The van der Waals surface area contributed by atoms with Crippen LogP contribution < -0.4 is 11.1 Å². The molecule has 0 spiro atoms. The molecule has 1 aromatic rings. The van der Waals surface area contributed by atoms with Gasteiger partial charge in [-0.1, -0.05) is 19.1 Å². The number of nitrogens with two attached hydrogens (primary N) is 1. The molecule has 0 aromatic carbocycles. The lowest BCUT2D eigenvalue weighted by atomic mass is 10.0. The summed E-state index contributed by atoms with van der Waals surface area (Å²) >= 11 is 0. The Labute approximate surface area is 94.2 Å². The number of nitrogens with one attached hydrogen (secondary N) is 2. The highest BCUT2D eigenvalue weighted by Crippen LogP contribution is 2.06. The molecule has 1 rings (SSSR count). The van der Waals surface area contributed by atoms with E-state index in [1.54, 1.807) is 6.92 Å². The van der Waals surface area contributed by atoms with Gasteiger partial charge in [0.25, 0.3) is 0 Å². The number of tetrazole rings is 1. The number of aromatic nitrogens is 4. The Kier molecular flexibility index (Phi) is 4.36. The molecule has 2 atom stereocenters. The fourth-order valence-corrected chi connectivity index (χ4v) is 1.35. The van der Waals surface area contributed by atoms with E-state index >= 15 is 0 Å². The van der Waals surface area contributed by atoms with Crippen molar-refractivity contribution >= 4 is 5.91 Å². The molecule has 1 aromatic heterocycles. The van der Waals surface area contributed by atoms with Crippen LogP contribution in [-0.2, 0) is 4.79 Å². The minimum absolute atomic E-state index is 0.189. The van der Waals surface area contributed by atoms with Crippen molar-refractivity contribution < 1.29 is 4.79 Å². The molecule has 0 radical (unpaired) electrons. The van der Waals surface area contributed by atoms with E-state index < -0.39 is 6.04 Å². The summed E-state index contributed by atoms with van der Waals surface area (Å²) in [4.78, 5) is 11.7. The lowest BCUT2D eigenvalue weighted by molar-refractivity contribution is -0.123. The Morgan fingerprint density at radius 2 is 2.19 bits per heavy atom. The Morgan fingerprint density at radius 1 is 1.50 bits per heavy atom. The van der Waals surface area contributed by atoms with Gasteiger partial charge < -0.3 is 11.1 Å². The molecular formula is C9H18N6O. The van der Waals surface area contributed by atoms with Gasteiger partial charge in [0, 0.05) is 0 Å². The standard InChI is InChI=1S/C9H18N6O/c1-5(2)4-7(10)9(16)11-6(3)8-12-14-15-13-8/h5-7H,4,10H2,1-3H3,(H,11,16)(H,12,13,14,15)/t6?,7-/m0/s1. The molecule has 7 heteroatoms. The maximum atomic E-state index is 11.7. The lowest BCUT2D eigenvalue weighted by Gasteiger charge is -2.16. The van der Waals surface area contributed by atoms with Gasteiger partial charge in [0.1, 0.15) is 0 Å². The second-order valence-electron chi connectivity index (χ2n) is 4.24. The van der Waals surface area contributed by atoms with Gasteiger partial charge in [-0.2, -0.15) is 5.21 Å². The average molecular weight is 226 g/mol. The van der Waals surface area contributed by atoms with E-state index in [-0.39, 0.29) is 11.9 Å². The van der Waals surface area contributed by atoms with Gasteiger partial charge in [0.2, 0.25) is 5.91 Å². The van der Waals surface area contributed by atoms with Gasteiger partial charge in [-0.25, -0.2) is 0 Å². The predicted molar refractivity (Wildman–Crippen MR) is 58.2 cm³/mol. The third kappa shape index (κ3) is 3.58. The quantitative estimate of drug-likeness (QED) is 0.641. The van der Waals surface area contributed by atoms with Crippen LogP contribution in [0.4, 0.5) is 0 Å². The summed E-state index contributed by atoms with van der Waals surface area (Å²) in [5.41, 5.74) is 5.74. The van der Waals surface area contributed by atoms with E-state index in [1.165, 1.54) is 0 Å². The van der Waals surface area contributed by atoms with Crippen LogP contribution >= 0.6 is 0 Å². The van der Waals surface area contributed by atoms with Crippen LogP contribution in [0.1, 0.15) is 39.1 Å². The molecule has 90 valence electrons. The number of aromatic amines is 1. The van der Waals surface area contributed by atoms with Crippen LogP contribution in [-0.4, -0.2) is 32.6 Å². The molecule has 0 aliphatic heterocycles. The Hall–Kier alpha value is -1.50. The minimum atomic E-state index is -0.491. The van der Waals surface area contributed by atoms with E-state index in [2.05, 4.69) is 25.9 Å². The molecule has 0 saturated heterocycles. The number of amides is 1. The highest BCUT2D eigenvalue weighted by atomic mass is 16.2. The van der Waals surface area contributed by atoms with Crippen molar-refractivity contribution in [2.24, 2.45) is 11.7 Å². The zero-order valence-electron chi connectivity index (χ0n) is 9.77. The summed E-state index contributed by atoms with van der Waals surface area (Å²) < 4.78 is 0. The zero-order chi connectivity index (χ0) is 12.1. The van der Waals surface area contributed by atoms with E-state index in [0.717, 1.165) is 0 Å². The summed E-state index contributed by atoms with van der Waals surface area (Å²) in [5.74, 6) is 0.650. The maximum Gasteiger partial charge on any atom is 0.237 e. The van der Waals surface area contributed by atoms with Gasteiger partial charge in [0.15, 0.2) is 5.82 Å². The van der Waals surface area contributed by atoms with E-state index in [9.17, 15) is 4.79 Å². The van der Waals surface area contributed by atoms with Gasteiger partial charge in [-0.15, -0.1) is 10.2 Å². The fraction of sp³-hybridized carbons (Fsp3) is 0.778. The normalized spacial score (nSPS) is 14.8.